The maximum atomic E-state index is 13.2. The Bertz CT molecular complexity index is 1060. The number of amides is 4. The summed E-state index contributed by atoms with van der Waals surface area (Å²) in [6.45, 7) is 17.0. The number of carbonyl (C=O) groups excluding carboxylic acids is 5. The number of nitrogens with one attached hydrogen (secondary N) is 3. The first-order valence-electron chi connectivity index (χ1n) is 16.1. The van der Waals surface area contributed by atoms with Gasteiger partial charge in [-0.25, -0.2) is 0 Å². The fourth-order valence-electron chi connectivity index (χ4n) is 4.14. The highest BCUT2D eigenvalue weighted by Gasteiger charge is 2.30. The van der Waals surface area contributed by atoms with Crippen molar-refractivity contribution in [1.29, 1.82) is 0 Å². The maximum Gasteiger partial charge on any atom is 0.246 e. The van der Waals surface area contributed by atoms with Crippen LogP contribution in [0.3, 0.4) is 0 Å². The van der Waals surface area contributed by atoms with Crippen molar-refractivity contribution in [1.82, 2.24) is 20.9 Å². The fraction of sp³-hybridized carbons (Fsp3) is 0.618. The summed E-state index contributed by atoms with van der Waals surface area (Å²) in [6, 6.07) is 5.84. The zero-order valence-electron chi connectivity index (χ0n) is 28.7. The van der Waals surface area contributed by atoms with Gasteiger partial charge in [-0.05, 0) is 37.0 Å². The van der Waals surface area contributed by atoms with Gasteiger partial charge >= 0.3 is 0 Å². The Hall–Kier alpha value is -3.77. The minimum atomic E-state index is -0.790. The molecule has 4 amide bonds. The zero-order chi connectivity index (χ0) is 34.9. The van der Waals surface area contributed by atoms with Crippen molar-refractivity contribution in [2.45, 2.75) is 91.6 Å². The molecule has 5 N–H and O–H groups in total. The number of hydrogen-bond donors (Lipinski definition) is 4. The third-order valence-corrected chi connectivity index (χ3v) is 7.17. The van der Waals surface area contributed by atoms with Gasteiger partial charge < -0.3 is 36.0 Å². The van der Waals surface area contributed by atoms with Gasteiger partial charge in [0, 0.05) is 38.0 Å². The van der Waals surface area contributed by atoms with Gasteiger partial charge in [0.25, 0.3) is 0 Å². The number of unbranched alkanes of at least 4 members (excludes halogenated alkanes) is 2. The number of aldehydes is 1. The van der Waals surface area contributed by atoms with Gasteiger partial charge in [0.15, 0.2) is 0 Å². The lowest BCUT2D eigenvalue weighted by Crippen LogP contribution is -2.56. The van der Waals surface area contributed by atoms with Crippen molar-refractivity contribution >= 4 is 29.9 Å². The normalized spacial score (nSPS) is 14.4. The fourth-order valence-corrected chi connectivity index (χ4v) is 4.14. The van der Waals surface area contributed by atoms with Crippen LogP contribution in [0, 0.1) is 5.92 Å². The standard InChI is InChI=1S/C25H39N3O4.C6H11NO2.C3H7NO/c1-7-9-10-11-22(29)27-21(16-19-12-14-20(32-6)15-13-19)24(30)28-23(18(5)8-2)25(31)26-17(3)4;8-4-1-7-2-5-9-6-3-7;1-2-3(4)5/h12-15,18,21,23H,3,7-11,16H2,1-2,4-6H3,(H,26,31)(H,27,29)(H,28,30);4H,1-3,5-6H2;2H2,1H3,(H2,4,5). The summed E-state index contributed by atoms with van der Waals surface area (Å²) in [4.78, 5) is 60.0. The van der Waals surface area contributed by atoms with Crippen LogP contribution in [0.4, 0.5) is 0 Å². The number of nitrogens with two attached hydrogens (primary N) is 1. The summed E-state index contributed by atoms with van der Waals surface area (Å²) in [5, 5.41) is 8.41. The molecule has 3 atom stereocenters. The van der Waals surface area contributed by atoms with Crippen LogP contribution in [-0.4, -0.2) is 86.9 Å². The Morgan fingerprint density at radius 3 is 2.13 bits per heavy atom. The second-order valence-corrected chi connectivity index (χ2v) is 11.2. The summed E-state index contributed by atoms with van der Waals surface area (Å²) in [7, 11) is 1.59. The molecule has 1 aromatic rings. The van der Waals surface area contributed by atoms with E-state index in [9.17, 15) is 24.0 Å². The van der Waals surface area contributed by atoms with E-state index in [1.54, 1.807) is 21.0 Å². The van der Waals surface area contributed by atoms with E-state index < -0.39 is 12.1 Å². The highest BCUT2D eigenvalue weighted by atomic mass is 16.5. The number of morpholine rings is 1. The highest BCUT2D eigenvalue weighted by Crippen LogP contribution is 2.14. The third-order valence-electron chi connectivity index (χ3n) is 7.17. The molecule has 12 nitrogen and oxygen atoms in total. The van der Waals surface area contributed by atoms with E-state index in [1.807, 2.05) is 38.1 Å². The molecule has 260 valence electrons. The van der Waals surface area contributed by atoms with Gasteiger partial charge in [-0.3, -0.25) is 24.1 Å². The molecule has 0 aromatic heterocycles. The number of allylic oxidation sites excluding steroid dienone is 1. The predicted octanol–water partition coefficient (Wildman–Crippen LogP) is 2.88. The van der Waals surface area contributed by atoms with Crippen LogP contribution < -0.4 is 26.4 Å². The molecule has 0 bridgehead atoms. The number of ether oxygens (including phenoxy) is 2. The molecule has 2 rings (SSSR count). The van der Waals surface area contributed by atoms with Crippen molar-refractivity contribution < 1.29 is 33.4 Å². The number of methoxy groups -OCH3 is 1. The molecule has 1 aromatic carbocycles. The lowest BCUT2D eigenvalue weighted by atomic mass is 9.97. The molecule has 0 spiro atoms. The number of benzene rings is 1. The summed E-state index contributed by atoms with van der Waals surface area (Å²) < 4.78 is 10.3. The van der Waals surface area contributed by atoms with E-state index in [4.69, 9.17) is 9.47 Å². The number of hydrogen-bond acceptors (Lipinski definition) is 8. The van der Waals surface area contributed by atoms with Crippen molar-refractivity contribution in [2.75, 3.05) is 40.0 Å². The van der Waals surface area contributed by atoms with Gasteiger partial charge in [0.2, 0.25) is 23.6 Å². The van der Waals surface area contributed by atoms with E-state index in [2.05, 4.69) is 40.1 Å². The molecule has 1 heterocycles. The topological polar surface area (TPSA) is 169 Å². The van der Waals surface area contributed by atoms with Gasteiger partial charge in [0.05, 0.1) is 26.9 Å². The molecule has 1 aliphatic rings. The number of carbonyl (C=O) groups is 5. The summed E-state index contributed by atoms with van der Waals surface area (Å²) >= 11 is 0. The Balaban J connectivity index is 0.00000118. The maximum absolute atomic E-state index is 13.2. The van der Waals surface area contributed by atoms with Crippen molar-refractivity contribution in [2.24, 2.45) is 11.7 Å². The Morgan fingerprint density at radius 2 is 1.65 bits per heavy atom. The molecule has 1 aliphatic heterocycles. The second kappa shape index (κ2) is 25.4. The Morgan fingerprint density at radius 1 is 1.04 bits per heavy atom. The molecule has 3 unspecified atom stereocenters. The lowest BCUT2D eigenvalue weighted by Gasteiger charge is -2.26. The Kier molecular flexibility index (Phi) is 23.3. The van der Waals surface area contributed by atoms with Crippen LogP contribution in [0.5, 0.6) is 5.75 Å². The molecule has 1 fully saturated rings. The van der Waals surface area contributed by atoms with Crippen LogP contribution in [0.2, 0.25) is 0 Å². The van der Waals surface area contributed by atoms with E-state index in [0.717, 1.165) is 57.4 Å². The highest BCUT2D eigenvalue weighted by molar-refractivity contribution is 5.92. The van der Waals surface area contributed by atoms with Crippen molar-refractivity contribution in [3.63, 3.8) is 0 Å². The van der Waals surface area contributed by atoms with Gasteiger partial charge in [-0.1, -0.05) is 65.7 Å². The van der Waals surface area contributed by atoms with E-state index in [1.165, 1.54) is 0 Å². The molecular weight excluding hydrogens is 590 g/mol. The average molecular weight is 648 g/mol. The average Bonchev–Trinajstić information content (AvgIpc) is 3.04. The van der Waals surface area contributed by atoms with Crippen LogP contribution in [0.15, 0.2) is 36.5 Å². The van der Waals surface area contributed by atoms with Crippen LogP contribution in [0.25, 0.3) is 0 Å². The second-order valence-electron chi connectivity index (χ2n) is 11.2. The molecule has 0 saturated carbocycles. The lowest BCUT2D eigenvalue weighted by molar-refractivity contribution is -0.132. The number of rotatable bonds is 17. The third kappa shape index (κ3) is 19.6. The first kappa shape index (κ1) is 42.2. The van der Waals surface area contributed by atoms with E-state index in [-0.39, 0.29) is 29.5 Å². The molecule has 0 aliphatic carbocycles. The largest absolute Gasteiger partial charge is 0.497 e. The number of primary amides is 1. The molecular formula is C34H57N5O7. The van der Waals surface area contributed by atoms with Crippen LogP contribution in [0.1, 0.15) is 78.7 Å². The first-order valence-corrected chi connectivity index (χ1v) is 16.1. The van der Waals surface area contributed by atoms with E-state index >= 15 is 0 Å². The Labute approximate surface area is 275 Å². The molecule has 1 saturated heterocycles. The van der Waals surface area contributed by atoms with Gasteiger partial charge in [-0.2, -0.15) is 0 Å². The first-order chi connectivity index (χ1) is 21.9. The van der Waals surface area contributed by atoms with Gasteiger partial charge in [-0.15, -0.1) is 0 Å². The molecule has 46 heavy (non-hydrogen) atoms. The van der Waals surface area contributed by atoms with Crippen LogP contribution in [-0.2, 0) is 35.1 Å². The van der Waals surface area contributed by atoms with Gasteiger partial charge in [0.1, 0.15) is 24.1 Å². The van der Waals surface area contributed by atoms with Crippen LogP contribution >= 0.6 is 0 Å². The minimum Gasteiger partial charge on any atom is -0.497 e. The van der Waals surface area contributed by atoms with Crippen molar-refractivity contribution in [3.05, 3.63) is 42.1 Å². The van der Waals surface area contributed by atoms with Crippen molar-refractivity contribution in [3.8, 4) is 5.75 Å². The number of nitrogens with zero attached hydrogens (tertiary/aromatic N) is 1. The SMILES string of the molecule is C=C(C)NC(=O)C(NC(=O)C(Cc1ccc(OC)cc1)NC(=O)CCCCC)C(C)CC.CCC(N)=O.O=CCN1CCOCC1. The van der Waals surface area contributed by atoms with E-state index in [0.29, 0.717) is 43.7 Å². The summed E-state index contributed by atoms with van der Waals surface area (Å²) in [5.74, 6) is -0.472. The quantitative estimate of drug-likeness (QED) is 0.148. The monoisotopic (exact) mass is 647 g/mol. The smallest absolute Gasteiger partial charge is 0.246 e. The minimum absolute atomic E-state index is 0.0832. The summed E-state index contributed by atoms with van der Waals surface area (Å²) in [6.07, 6.45) is 5.51. The molecule has 12 heteroatoms. The summed E-state index contributed by atoms with van der Waals surface area (Å²) in [5.41, 5.74) is 6.04. The zero-order valence-corrected chi connectivity index (χ0v) is 28.7. The predicted molar refractivity (Wildman–Crippen MR) is 180 cm³/mol. The molecule has 0 radical (unpaired) electrons.